The summed E-state index contributed by atoms with van der Waals surface area (Å²) in [7, 11) is 0. The van der Waals surface area contributed by atoms with E-state index in [9.17, 15) is 4.79 Å². The predicted molar refractivity (Wildman–Crippen MR) is 92.4 cm³/mol. The molecule has 4 heteroatoms. The first-order chi connectivity index (χ1) is 11.8. The molecule has 1 amide bonds. The van der Waals surface area contributed by atoms with Crippen molar-refractivity contribution in [3.05, 3.63) is 71.8 Å². The Bertz CT molecular complexity index is 630. The molecule has 0 radical (unpaired) electrons. The van der Waals surface area contributed by atoms with Gasteiger partial charge in [0.1, 0.15) is 6.61 Å². The minimum absolute atomic E-state index is 0.232. The smallest absolute Gasteiger partial charge is 0.410 e. The van der Waals surface area contributed by atoms with Crippen LogP contribution in [0.3, 0.4) is 0 Å². The molecule has 1 heterocycles. The predicted octanol–water partition coefficient (Wildman–Crippen LogP) is 3.86. The maximum atomic E-state index is 12.1. The van der Waals surface area contributed by atoms with Crippen LogP contribution < -0.4 is 0 Å². The van der Waals surface area contributed by atoms with Gasteiger partial charge in [-0.05, 0) is 17.5 Å². The van der Waals surface area contributed by atoms with Crippen molar-refractivity contribution >= 4 is 6.09 Å². The third-order valence-electron chi connectivity index (χ3n) is 4.21. The van der Waals surface area contributed by atoms with Crippen LogP contribution in [0, 0.1) is 5.92 Å². The van der Waals surface area contributed by atoms with E-state index in [0.29, 0.717) is 32.3 Å². The maximum absolute atomic E-state index is 12.1. The molecule has 0 bridgehead atoms. The molecule has 126 valence electrons. The van der Waals surface area contributed by atoms with Crippen LogP contribution in [-0.2, 0) is 22.7 Å². The lowest BCUT2D eigenvalue weighted by Crippen LogP contribution is -2.29. The van der Waals surface area contributed by atoms with Crippen LogP contribution >= 0.6 is 0 Å². The monoisotopic (exact) mass is 325 g/mol. The Hall–Kier alpha value is -2.33. The first-order valence-corrected chi connectivity index (χ1v) is 8.38. The van der Waals surface area contributed by atoms with Crippen molar-refractivity contribution in [3.8, 4) is 0 Å². The molecule has 4 nitrogen and oxygen atoms in total. The molecular weight excluding hydrogens is 302 g/mol. The first kappa shape index (κ1) is 16.5. The van der Waals surface area contributed by atoms with Gasteiger partial charge in [-0.3, -0.25) is 0 Å². The summed E-state index contributed by atoms with van der Waals surface area (Å²) in [5, 5.41) is 0. The van der Waals surface area contributed by atoms with Crippen molar-refractivity contribution in [1.29, 1.82) is 0 Å². The van der Waals surface area contributed by atoms with Crippen LogP contribution in [0.15, 0.2) is 60.7 Å². The molecule has 0 N–H and O–H groups in total. The summed E-state index contributed by atoms with van der Waals surface area (Å²) in [5.41, 5.74) is 2.18. The van der Waals surface area contributed by atoms with E-state index in [4.69, 9.17) is 9.47 Å². The van der Waals surface area contributed by atoms with Gasteiger partial charge in [0.25, 0.3) is 0 Å². The number of hydrogen-bond acceptors (Lipinski definition) is 3. The highest BCUT2D eigenvalue weighted by atomic mass is 16.6. The molecule has 1 fully saturated rings. The number of hydrogen-bond donors (Lipinski definition) is 0. The van der Waals surface area contributed by atoms with Gasteiger partial charge in [0.05, 0.1) is 13.2 Å². The van der Waals surface area contributed by atoms with Crippen molar-refractivity contribution in [3.63, 3.8) is 0 Å². The number of amides is 1. The van der Waals surface area contributed by atoms with Gasteiger partial charge in [0.2, 0.25) is 0 Å². The molecule has 24 heavy (non-hydrogen) atoms. The third kappa shape index (κ3) is 4.83. The number of rotatable bonds is 6. The van der Waals surface area contributed by atoms with Gasteiger partial charge in [-0.15, -0.1) is 0 Å². The Morgan fingerprint density at radius 2 is 1.58 bits per heavy atom. The summed E-state index contributed by atoms with van der Waals surface area (Å²) in [6.07, 6.45) is 0.735. The van der Waals surface area contributed by atoms with Crippen LogP contribution in [0.2, 0.25) is 0 Å². The van der Waals surface area contributed by atoms with Crippen LogP contribution in [0.5, 0.6) is 0 Å². The second kappa shape index (κ2) is 8.50. The van der Waals surface area contributed by atoms with Gasteiger partial charge in [0, 0.05) is 19.0 Å². The molecule has 0 spiro atoms. The summed E-state index contributed by atoms with van der Waals surface area (Å²) < 4.78 is 11.2. The number of nitrogens with zero attached hydrogens (tertiary/aromatic N) is 1. The van der Waals surface area contributed by atoms with E-state index in [1.165, 1.54) is 5.56 Å². The minimum Gasteiger partial charge on any atom is -0.445 e. The highest BCUT2D eigenvalue weighted by molar-refractivity contribution is 5.68. The molecule has 2 aromatic rings. The van der Waals surface area contributed by atoms with Gasteiger partial charge < -0.3 is 14.4 Å². The summed E-state index contributed by atoms with van der Waals surface area (Å²) >= 11 is 0. The van der Waals surface area contributed by atoms with Crippen molar-refractivity contribution in [2.75, 3.05) is 19.7 Å². The van der Waals surface area contributed by atoms with E-state index >= 15 is 0 Å². The lowest BCUT2D eigenvalue weighted by atomic mass is 10.1. The van der Waals surface area contributed by atoms with E-state index in [1.54, 1.807) is 4.90 Å². The second-order valence-corrected chi connectivity index (χ2v) is 6.14. The third-order valence-corrected chi connectivity index (χ3v) is 4.21. The topological polar surface area (TPSA) is 38.8 Å². The summed E-state index contributed by atoms with van der Waals surface area (Å²) in [6.45, 7) is 3.08. The fourth-order valence-corrected chi connectivity index (χ4v) is 2.86. The molecule has 2 aromatic carbocycles. The van der Waals surface area contributed by atoms with E-state index in [-0.39, 0.29) is 6.09 Å². The SMILES string of the molecule is O=C(OCc1ccccc1)N1CCC(COCc2ccccc2)C1. The number of benzene rings is 2. The van der Waals surface area contributed by atoms with Gasteiger partial charge in [-0.2, -0.15) is 0 Å². The highest BCUT2D eigenvalue weighted by Crippen LogP contribution is 2.18. The van der Waals surface area contributed by atoms with Gasteiger partial charge in [-0.25, -0.2) is 4.79 Å². The van der Waals surface area contributed by atoms with Crippen LogP contribution in [-0.4, -0.2) is 30.7 Å². The molecule has 0 saturated carbocycles. The van der Waals surface area contributed by atoms with E-state index in [2.05, 4.69) is 12.1 Å². The van der Waals surface area contributed by atoms with Crippen molar-refractivity contribution in [2.45, 2.75) is 19.6 Å². The molecule has 1 saturated heterocycles. The van der Waals surface area contributed by atoms with Crippen LogP contribution in [0.1, 0.15) is 17.5 Å². The zero-order valence-corrected chi connectivity index (χ0v) is 13.8. The van der Waals surface area contributed by atoms with E-state index in [0.717, 1.165) is 18.5 Å². The Kier molecular flexibility index (Phi) is 5.85. The first-order valence-electron chi connectivity index (χ1n) is 8.38. The van der Waals surface area contributed by atoms with Crippen LogP contribution in [0.4, 0.5) is 4.79 Å². The molecule has 1 aliphatic rings. The fraction of sp³-hybridized carbons (Fsp3) is 0.350. The largest absolute Gasteiger partial charge is 0.445 e. The quantitative estimate of drug-likeness (QED) is 0.809. The molecule has 3 rings (SSSR count). The summed E-state index contributed by atoms with van der Waals surface area (Å²) in [5.74, 6) is 0.387. The summed E-state index contributed by atoms with van der Waals surface area (Å²) in [6, 6.07) is 19.9. The average Bonchev–Trinajstić information content (AvgIpc) is 3.10. The lowest BCUT2D eigenvalue weighted by Gasteiger charge is -2.16. The number of carbonyl (C=O) groups excluding carboxylic acids is 1. The Morgan fingerprint density at radius 1 is 0.958 bits per heavy atom. The van der Waals surface area contributed by atoms with Crippen molar-refractivity contribution in [2.24, 2.45) is 5.92 Å². The maximum Gasteiger partial charge on any atom is 0.410 e. The molecule has 1 unspecified atom stereocenters. The number of carbonyl (C=O) groups is 1. The Morgan fingerprint density at radius 3 is 2.25 bits per heavy atom. The highest BCUT2D eigenvalue weighted by Gasteiger charge is 2.27. The minimum atomic E-state index is -0.232. The van der Waals surface area contributed by atoms with E-state index in [1.807, 2.05) is 48.5 Å². The zero-order valence-electron chi connectivity index (χ0n) is 13.8. The van der Waals surface area contributed by atoms with Gasteiger partial charge in [-0.1, -0.05) is 60.7 Å². The molecular formula is C20H23NO3. The second-order valence-electron chi connectivity index (χ2n) is 6.14. The van der Waals surface area contributed by atoms with Crippen molar-refractivity contribution < 1.29 is 14.3 Å². The molecule has 0 aliphatic carbocycles. The van der Waals surface area contributed by atoms with Gasteiger partial charge in [0.15, 0.2) is 0 Å². The Labute approximate surface area is 143 Å². The summed E-state index contributed by atoms with van der Waals surface area (Å²) in [4.78, 5) is 13.9. The lowest BCUT2D eigenvalue weighted by molar-refractivity contribution is 0.0817. The standard InChI is InChI=1S/C20H23NO3/c22-20(24-16-18-9-5-2-6-10-18)21-12-11-19(13-21)15-23-14-17-7-3-1-4-8-17/h1-10,19H,11-16H2. The zero-order chi connectivity index (χ0) is 16.6. The van der Waals surface area contributed by atoms with Crippen molar-refractivity contribution in [1.82, 2.24) is 4.90 Å². The van der Waals surface area contributed by atoms with Crippen LogP contribution in [0.25, 0.3) is 0 Å². The fourth-order valence-electron chi connectivity index (χ4n) is 2.86. The molecule has 1 atom stereocenters. The molecule has 1 aliphatic heterocycles. The average molecular weight is 325 g/mol. The molecule has 0 aromatic heterocycles. The van der Waals surface area contributed by atoms with Gasteiger partial charge >= 0.3 is 6.09 Å². The van der Waals surface area contributed by atoms with E-state index < -0.39 is 0 Å². The normalized spacial score (nSPS) is 17.0. The number of likely N-dealkylation sites (tertiary alicyclic amines) is 1. The number of ether oxygens (including phenoxy) is 2. The Balaban J connectivity index is 1.36.